The van der Waals surface area contributed by atoms with Crippen molar-refractivity contribution in [3.05, 3.63) is 59.3 Å². The minimum atomic E-state index is -0.465. The zero-order valence-electron chi connectivity index (χ0n) is 11.6. The van der Waals surface area contributed by atoms with Crippen LogP contribution < -0.4 is 16.0 Å². The highest BCUT2D eigenvalue weighted by Gasteiger charge is 2.13. The maximum absolute atomic E-state index is 13.6. The van der Waals surface area contributed by atoms with E-state index < -0.39 is 11.6 Å². The molecule has 0 aliphatic carbocycles. The van der Waals surface area contributed by atoms with E-state index in [1.165, 1.54) is 6.07 Å². The Balaban J connectivity index is 2.07. The fourth-order valence-corrected chi connectivity index (χ4v) is 2.09. The fraction of sp³-hybridized carbons (Fsp3) is 0.267. The molecule has 0 aliphatic heterocycles. The van der Waals surface area contributed by atoms with Crippen LogP contribution >= 0.6 is 0 Å². The molecule has 2 aromatic rings. The summed E-state index contributed by atoms with van der Waals surface area (Å²) in [7, 11) is 1.54. The molecule has 0 radical (unpaired) electrons. The number of aromatic nitrogens is 1. The lowest BCUT2D eigenvalue weighted by atomic mass is 10.00. The quantitative estimate of drug-likeness (QED) is 0.631. The number of ether oxygens (including phenoxy) is 1. The summed E-state index contributed by atoms with van der Waals surface area (Å²) < 4.78 is 31.8. The monoisotopic (exact) mass is 293 g/mol. The third kappa shape index (κ3) is 4.21. The standard InChI is InChI=1S/C15H17F2N3O/c1-21-15-5-2-10(9-19-15)6-13(20-18)8-11-7-12(16)3-4-14(11)17/h2-5,7,9,13,20H,6,8,18H2,1H3. The molecule has 1 heterocycles. The summed E-state index contributed by atoms with van der Waals surface area (Å²) in [5, 5.41) is 0. The Kier molecular flexibility index (Phi) is 5.19. The van der Waals surface area contributed by atoms with Crippen LogP contribution in [0.15, 0.2) is 36.5 Å². The number of methoxy groups -OCH3 is 1. The van der Waals surface area contributed by atoms with Gasteiger partial charge >= 0.3 is 0 Å². The number of nitrogens with zero attached hydrogens (tertiary/aromatic N) is 1. The molecule has 0 spiro atoms. The van der Waals surface area contributed by atoms with Gasteiger partial charge in [0.05, 0.1) is 7.11 Å². The summed E-state index contributed by atoms with van der Waals surface area (Å²) in [6.07, 6.45) is 2.50. The molecule has 0 bridgehead atoms. The maximum Gasteiger partial charge on any atom is 0.212 e. The fourth-order valence-electron chi connectivity index (χ4n) is 2.09. The third-order valence-electron chi connectivity index (χ3n) is 3.20. The van der Waals surface area contributed by atoms with Crippen LogP contribution in [0.25, 0.3) is 0 Å². The molecule has 0 saturated heterocycles. The second-order valence-electron chi connectivity index (χ2n) is 4.72. The number of halogens is 2. The van der Waals surface area contributed by atoms with E-state index >= 15 is 0 Å². The van der Waals surface area contributed by atoms with Gasteiger partial charge in [0.2, 0.25) is 5.88 Å². The second kappa shape index (κ2) is 7.10. The van der Waals surface area contributed by atoms with Crippen LogP contribution in [-0.2, 0) is 12.8 Å². The van der Waals surface area contributed by atoms with Gasteiger partial charge < -0.3 is 4.74 Å². The van der Waals surface area contributed by atoms with Crippen molar-refractivity contribution in [1.29, 1.82) is 0 Å². The number of hydrogen-bond donors (Lipinski definition) is 2. The summed E-state index contributed by atoms with van der Waals surface area (Å²) in [5.41, 5.74) is 3.84. The van der Waals surface area contributed by atoms with Crippen molar-refractivity contribution < 1.29 is 13.5 Å². The summed E-state index contributed by atoms with van der Waals surface area (Å²) in [6, 6.07) is 6.77. The largest absolute Gasteiger partial charge is 0.481 e. The van der Waals surface area contributed by atoms with E-state index in [2.05, 4.69) is 10.4 Å². The van der Waals surface area contributed by atoms with Crippen LogP contribution in [0, 0.1) is 11.6 Å². The number of pyridine rings is 1. The van der Waals surface area contributed by atoms with E-state index in [1.807, 2.05) is 6.07 Å². The average molecular weight is 293 g/mol. The average Bonchev–Trinajstić information content (AvgIpc) is 2.51. The van der Waals surface area contributed by atoms with Gasteiger partial charge in [0, 0.05) is 18.3 Å². The Morgan fingerprint density at radius 2 is 2.05 bits per heavy atom. The molecule has 3 N–H and O–H groups in total. The van der Waals surface area contributed by atoms with Crippen LogP contribution in [0.5, 0.6) is 5.88 Å². The molecule has 1 atom stereocenters. The Morgan fingerprint density at radius 3 is 2.67 bits per heavy atom. The van der Waals surface area contributed by atoms with Crippen molar-refractivity contribution in [1.82, 2.24) is 10.4 Å². The van der Waals surface area contributed by atoms with E-state index in [-0.39, 0.29) is 12.5 Å². The maximum atomic E-state index is 13.6. The van der Waals surface area contributed by atoms with E-state index in [1.54, 1.807) is 19.4 Å². The molecule has 21 heavy (non-hydrogen) atoms. The first-order chi connectivity index (χ1) is 10.1. The lowest BCUT2D eigenvalue weighted by Gasteiger charge is -2.16. The van der Waals surface area contributed by atoms with Crippen molar-refractivity contribution in [2.24, 2.45) is 5.84 Å². The van der Waals surface area contributed by atoms with Crippen LogP contribution in [-0.4, -0.2) is 18.1 Å². The number of benzene rings is 1. The van der Waals surface area contributed by atoms with Gasteiger partial charge in [-0.25, -0.2) is 13.8 Å². The zero-order valence-corrected chi connectivity index (χ0v) is 11.6. The lowest BCUT2D eigenvalue weighted by Crippen LogP contribution is -2.38. The molecule has 2 rings (SSSR count). The van der Waals surface area contributed by atoms with Crippen LogP contribution in [0.3, 0.4) is 0 Å². The van der Waals surface area contributed by atoms with E-state index in [9.17, 15) is 8.78 Å². The highest BCUT2D eigenvalue weighted by molar-refractivity contribution is 5.22. The zero-order chi connectivity index (χ0) is 15.2. The lowest BCUT2D eigenvalue weighted by molar-refractivity contribution is 0.397. The molecule has 6 heteroatoms. The van der Waals surface area contributed by atoms with Crippen molar-refractivity contribution in [3.63, 3.8) is 0 Å². The summed E-state index contributed by atoms with van der Waals surface area (Å²) >= 11 is 0. The normalized spacial score (nSPS) is 12.2. The number of hydrazine groups is 1. The second-order valence-corrected chi connectivity index (χ2v) is 4.72. The van der Waals surface area contributed by atoms with Gasteiger partial charge in [-0.3, -0.25) is 11.3 Å². The summed E-state index contributed by atoms with van der Waals surface area (Å²) in [5.74, 6) is 5.12. The Morgan fingerprint density at radius 1 is 1.24 bits per heavy atom. The molecular formula is C15H17F2N3O. The van der Waals surface area contributed by atoms with Gasteiger partial charge in [0.1, 0.15) is 11.6 Å². The highest BCUT2D eigenvalue weighted by atomic mass is 19.1. The smallest absolute Gasteiger partial charge is 0.212 e. The SMILES string of the molecule is COc1ccc(CC(Cc2cc(F)ccc2F)NN)cn1. The molecular weight excluding hydrogens is 276 g/mol. The number of rotatable bonds is 6. The number of hydrogen-bond acceptors (Lipinski definition) is 4. The Labute approximate surface area is 121 Å². The van der Waals surface area contributed by atoms with Crippen molar-refractivity contribution in [2.75, 3.05) is 7.11 Å². The summed E-state index contributed by atoms with van der Waals surface area (Å²) in [6.45, 7) is 0. The number of nitrogens with one attached hydrogen (secondary N) is 1. The van der Waals surface area contributed by atoms with Gasteiger partial charge in [0.25, 0.3) is 0 Å². The molecule has 0 saturated carbocycles. The molecule has 0 aliphatic rings. The molecule has 1 unspecified atom stereocenters. The topological polar surface area (TPSA) is 60.2 Å². The first kappa shape index (κ1) is 15.3. The molecule has 1 aromatic carbocycles. The van der Waals surface area contributed by atoms with Crippen molar-refractivity contribution >= 4 is 0 Å². The summed E-state index contributed by atoms with van der Waals surface area (Å²) in [4.78, 5) is 4.10. The Hall–Kier alpha value is -2.05. The van der Waals surface area contributed by atoms with Gasteiger partial charge in [-0.15, -0.1) is 0 Å². The third-order valence-corrected chi connectivity index (χ3v) is 3.20. The first-order valence-electron chi connectivity index (χ1n) is 6.51. The molecule has 4 nitrogen and oxygen atoms in total. The van der Waals surface area contributed by atoms with Gasteiger partial charge in [-0.1, -0.05) is 6.07 Å². The molecule has 0 fully saturated rings. The minimum absolute atomic E-state index is 0.225. The van der Waals surface area contributed by atoms with E-state index in [4.69, 9.17) is 10.6 Å². The molecule has 112 valence electrons. The number of nitrogens with two attached hydrogens (primary N) is 1. The molecule has 1 aromatic heterocycles. The predicted molar refractivity (Wildman–Crippen MR) is 75.7 cm³/mol. The van der Waals surface area contributed by atoms with Crippen molar-refractivity contribution in [3.8, 4) is 5.88 Å². The van der Waals surface area contributed by atoms with E-state index in [0.717, 1.165) is 17.7 Å². The van der Waals surface area contributed by atoms with Crippen LogP contribution in [0.1, 0.15) is 11.1 Å². The van der Waals surface area contributed by atoms with E-state index in [0.29, 0.717) is 17.9 Å². The van der Waals surface area contributed by atoms with Crippen molar-refractivity contribution in [2.45, 2.75) is 18.9 Å². The van der Waals surface area contributed by atoms with Gasteiger partial charge in [-0.05, 0) is 42.2 Å². The molecule has 0 amide bonds. The minimum Gasteiger partial charge on any atom is -0.481 e. The van der Waals surface area contributed by atoms with Gasteiger partial charge in [0.15, 0.2) is 0 Å². The highest BCUT2D eigenvalue weighted by Crippen LogP contribution is 2.15. The van der Waals surface area contributed by atoms with Gasteiger partial charge in [-0.2, -0.15) is 0 Å². The Bertz CT molecular complexity index is 590. The predicted octanol–water partition coefficient (Wildman–Crippen LogP) is 1.99. The van der Waals surface area contributed by atoms with Crippen LogP contribution in [0.2, 0.25) is 0 Å². The first-order valence-corrected chi connectivity index (χ1v) is 6.51. The van der Waals surface area contributed by atoms with Crippen LogP contribution in [0.4, 0.5) is 8.78 Å².